The fourth-order valence-electron chi connectivity index (χ4n) is 16.0. The minimum atomic E-state index is -0.730. The van der Waals surface area contributed by atoms with Gasteiger partial charge in [-0.25, -0.2) is 26.3 Å². The number of benzene rings is 3. The van der Waals surface area contributed by atoms with Crippen LogP contribution in [0.2, 0.25) is 0 Å². The molecule has 3 aromatic rings. The Morgan fingerprint density at radius 3 is 0.795 bits per heavy atom. The highest BCUT2D eigenvalue weighted by Crippen LogP contribution is 2.48. The van der Waals surface area contributed by atoms with Crippen molar-refractivity contribution in [2.24, 2.45) is 53.3 Å². The van der Waals surface area contributed by atoms with Gasteiger partial charge >= 0.3 is 0 Å². The van der Waals surface area contributed by atoms with Crippen molar-refractivity contribution in [1.82, 2.24) is 0 Å². The molecule has 0 nitrogen and oxygen atoms in total. The molecule has 6 heteroatoms. The molecule has 0 saturated heterocycles. The number of unbranched alkanes of at least 4 members (excludes halogenated alkanes) is 6. The lowest BCUT2D eigenvalue weighted by Gasteiger charge is -2.38. The normalized spacial score (nSPS) is 29.2. The highest BCUT2D eigenvalue weighted by Gasteiger charge is 2.34. The van der Waals surface area contributed by atoms with Crippen LogP contribution in [0.15, 0.2) is 54.6 Å². The Morgan fingerprint density at radius 1 is 0.282 bits per heavy atom. The minimum Gasteiger partial charge on any atom is -0.204 e. The van der Waals surface area contributed by atoms with E-state index in [2.05, 4.69) is 20.8 Å². The predicted octanol–water partition coefficient (Wildman–Crippen LogP) is 26.3. The third-order valence-electron chi connectivity index (χ3n) is 20.9. The van der Waals surface area contributed by atoms with E-state index >= 15 is 0 Å². The zero-order valence-corrected chi connectivity index (χ0v) is 47.3. The van der Waals surface area contributed by atoms with Gasteiger partial charge in [-0.05, 0) is 240 Å². The van der Waals surface area contributed by atoms with Gasteiger partial charge in [-0.3, -0.25) is 0 Å². The molecule has 0 heterocycles. The number of hydrogen-bond acceptors (Lipinski definition) is 0. The van der Waals surface area contributed by atoms with Gasteiger partial charge in [-0.1, -0.05) is 177 Å². The molecule has 0 spiro atoms. The van der Waals surface area contributed by atoms with E-state index in [1.165, 1.54) is 229 Å². The molecule has 6 aliphatic rings. The summed E-state index contributed by atoms with van der Waals surface area (Å²) in [4.78, 5) is 0. The third-order valence-corrected chi connectivity index (χ3v) is 20.9. The molecule has 0 unspecified atom stereocenters. The quantitative estimate of drug-likeness (QED) is 0.0880. The van der Waals surface area contributed by atoms with Crippen molar-refractivity contribution < 1.29 is 34.9 Å². The van der Waals surface area contributed by atoms with Crippen molar-refractivity contribution in [3.63, 3.8) is 0 Å². The van der Waals surface area contributed by atoms with Crippen LogP contribution in [-0.4, -0.2) is 0 Å². The Morgan fingerprint density at radius 2 is 0.526 bits per heavy atom. The van der Waals surface area contributed by atoms with Crippen molar-refractivity contribution in [1.29, 1.82) is 0 Å². The maximum Gasteiger partial charge on any atom is 0.159 e. The Labute approximate surface area is 484 Å². The molecule has 0 aromatic heterocycles. The SMILES string of the molecule is C.C.C.CCCC1CCC(C2CCC(c3ccc(F)c(F)c3)CC2)CC1.CCCCCC1CCC(C2CCC(c3ccc(F)c(F)c3)CC2)CC1.CCCCCCCC1CCC(C2CCC(c3ccc(F)c(F)c3)CC2)CC1.[HH].[HH].[HH].[HH].[HH].[HH]. The monoisotopic (exact) mass is 1100 g/mol. The first-order chi connectivity index (χ1) is 36.5. The molecule has 0 atom stereocenters. The van der Waals surface area contributed by atoms with Crippen molar-refractivity contribution in [3.8, 4) is 0 Å². The van der Waals surface area contributed by atoms with Crippen molar-refractivity contribution >= 4 is 0 Å². The highest BCUT2D eigenvalue weighted by molar-refractivity contribution is 5.24. The van der Waals surface area contributed by atoms with Crippen molar-refractivity contribution in [2.75, 3.05) is 0 Å². The average molecular weight is 1110 g/mol. The molecule has 0 bridgehead atoms. The molecule has 3 aromatic carbocycles. The van der Waals surface area contributed by atoms with Gasteiger partial charge in [0.2, 0.25) is 0 Å². The van der Waals surface area contributed by atoms with Crippen LogP contribution < -0.4 is 0 Å². The number of rotatable bonds is 18. The molecule has 6 saturated carbocycles. The molecule has 6 aliphatic carbocycles. The van der Waals surface area contributed by atoms with Gasteiger partial charge in [0, 0.05) is 8.56 Å². The molecule has 0 amide bonds. The first-order valence-electron chi connectivity index (χ1n) is 31.9. The standard InChI is InChI=1S/C25H38F2.C23H34F2.C21H30F2.3CH4.6H2/c1-2-3-4-5-6-7-19-8-10-20(11-9-19)21-12-14-22(15-13-21)23-16-17-24(26)25(27)18-23;1-2-3-4-5-17-6-8-18(9-7-17)19-10-12-20(13-11-19)21-14-15-22(24)23(25)16-21;1-2-3-15-4-6-16(7-5-15)17-8-10-18(11-9-17)19-12-13-20(22)21(23)14-19;;;;;;;;;/h16-22H,2-15H2,1H3;14-20H,2-13H2,1H3;12-18H,2-11H2,1H3;3*1H4;6*1H. The molecule has 456 valence electrons. The van der Waals surface area contributed by atoms with E-state index in [9.17, 15) is 26.3 Å². The second kappa shape index (κ2) is 36.0. The van der Waals surface area contributed by atoms with E-state index in [4.69, 9.17) is 0 Å². The summed E-state index contributed by atoms with van der Waals surface area (Å²) in [7, 11) is 0. The second-order valence-electron chi connectivity index (χ2n) is 25.7. The number of halogens is 6. The van der Waals surface area contributed by atoms with Gasteiger partial charge in [-0.2, -0.15) is 0 Å². The Balaban J connectivity index is -0.00000111. The molecular formula is C72H126F6. The van der Waals surface area contributed by atoms with Crippen LogP contribution in [0.5, 0.6) is 0 Å². The summed E-state index contributed by atoms with van der Waals surface area (Å²) in [6.07, 6.45) is 48.5. The van der Waals surface area contributed by atoms with E-state index in [1.807, 2.05) is 0 Å². The summed E-state index contributed by atoms with van der Waals surface area (Å²) < 4.78 is 79.8. The molecular weight excluding hydrogens is 979 g/mol. The molecule has 78 heavy (non-hydrogen) atoms. The van der Waals surface area contributed by atoms with Crippen LogP contribution in [-0.2, 0) is 0 Å². The molecule has 9 rings (SSSR count). The van der Waals surface area contributed by atoms with E-state index < -0.39 is 34.9 Å². The summed E-state index contributed by atoms with van der Waals surface area (Å²) in [5, 5.41) is 0. The van der Waals surface area contributed by atoms with Gasteiger partial charge in [0.1, 0.15) is 0 Å². The Hall–Kier alpha value is -2.76. The van der Waals surface area contributed by atoms with Crippen LogP contribution in [0.4, 0.5) is 26.3 Å². The number of hydrogen-bond donors (Lipinski definition) is 0. The Kier molecular flexibility index (Phi) is 31.2. The van der Waals surface area contributed by atoms with E-state index in [1.54, 1.807) is 18.2 Å². The molecule has 0 aliphatic heterocycles. The second-order valence-corrected chi connectivity index (χ2v) is 25.7. The Bertz CT molecular complexity index is 2060. The summed E-state index contributed by atoms with van der Waals surface area (Å²) in [6.45, 7) is 6.87. The van der Waals surface area contributed by atoms with Crippen molar-refractivity contribution in [2.45, 2.75) is 292 Å². The first-order valence-corrected chi connectivity index (χ1v) is 31.9. The lowest BCUT2D eigenvalue weighted by atomic mass is 9.68. The molecule has 0 radical (unpaired) electrons. The van der Waals surface area contributed by atoms with Gasteiger partial charge in [0.15, 0.2) is 34.9 Å². The zero-order chi connectivity index (χ0) is 52.9. The van der Waals surface area contributed by atoms with Crippen LogP contribution in [0.1, 0.15) is 317 Å². The van der Waals surface area contributed by atoms with E-state index in [0.29, 0.717) is 17.8 Å². The largest absolute Gasteiger partial charge is 0.204 e. The van der Waals surface area contributed by atoms with Crippen LogP contribution in [0.25, 0.3) is 0 Å². The molecule has 6 fully saturated rings. The van der Waals surface area contributed by atoms with Gasteiger partial charge < -0.3 is 0 Å². The van der Waals surface area contributed by atoms with E-state index in [0.717, 1.165) is 108 Å². The van der Waals surface area contributed by atoms with Crippen molar-refractivity contribution in [3.05, 3.63) is 106 Å². The zero-order valence-electron chi connectivity index (χ0n) is 47.3. The van der Waals surface area contributed by atoms with Gasteiger partial charge in [0.25, 0.3) is 0 Å². The van der Waals surface area contributed by atoms with Crippen LogP contribution >= 0.6 is 0 Å². The van der Waals surface area contributed by atoms with E-state index in [-0.39, 0.29) is 30.8 Å². The lowest BCUT2D eigenvalue weighted by molar-refractivity contribution is 0.155. The lowest BCUT2D eigenvalue weighted by Crippen LogP contribution is -2.25. The smallest absolute Gasteiger partial charge is 0.159 e. The van der Waals surface area contributed by atoms with Gasteiger partial charge in [-0.15, -0.1) is 0 Å². The fourth-order valence-corrected chi connectivity index (χ4v) is 16.0. The minimum absolute atomic E-state index is 0. The van der Waals surface area contributed by atoms with Crippen LogP contribution in [0, 0.1) is 88.2 Å². The summed E-state index contributed by atoms with van der Waals surface area (Å²) >= 11 is 0. The highest BCUT2D eigenvalue weighted by atomic mass is 19.2. The summed E-state index contributed by atoms with van der Waals surface area (Å²) in [6, 6.07) is 13.5. The third kappa shape index (κ3) is 20.9. The topological polar surface area (TPSA) is 0 Å². The maximum absolute atomic E-state index is 13.5. The summed E-state index contributed by atoms with van der Waals surface area (Å²) in [5.74, 6) is 5.36. The maximum atomic E-state index is 13.5. The van der Waals surface area contributed by atoms with Crippen LogP contribution in [0.3, 0.4) is 0 Å². The fraction of sp³-hybridized carbons (Fsp3) is 0.750. The summed E-state index contributed by atoms with van der Waals surface area (Å²) in [5.41, 5.74) is 2.99. The first kappa shape index (κ1) is 67.7. The van der Waals surface area contributed by atoms with Gasteiger partial charge in [0.05, 0.1) is 0 Å². The average Bonchev–Trinajstić information content (AvgIpc) is 3.66. The predicted molar refractivity (Wildman–Crippen MR) is 335 cm³/mol. The molecule has 0 N–H and O–H groups in total.